The zero-order valence-corrected chi connectivity index (χ0v) is 24.8. The van der Waals surface area contributed by atoms with Crippen molar-refractivity contribution in [2.24, 2.45) is 11.1 Å². The molecule has 2 fully saturated rings. The first-order valence-corrected chi connectivity index (χ1v) is 15.4. The largest absolute Gasteiger partial charge is 0.338 e. The van der Waals surface area contributed by atoms with Gasteiger partial charge in [-0.25, -0.2) is 0 Å². The lowest BCUT2D eigenvalue weighted by Gasteiger charge is -2.45. The first-order valence-electron chi connectivity index (χ1n) is 14.7. The van der Waals surface area contributed by atoms with Crippen molar-refractivity contribution in [1.82, 2.24) is 9.80 Å². The maximum atomic E-state index is 13.4. The van der Waals surface area contributed by atoms with Crippen LogP contribution in [0.25, 0.3) is 0 Å². The molecule has 3 aromatic rings. The van der Waals surface area contributed by atoms with E-state index in [-0.39, 0.29) is 16.7 Å². The molecule has 0 aromatic heterocycles. The molecule has 4 nitrogen and oxygen atoms in total. The number of likely N-dealkylation sites (tertiary alicyclic amines) is 2. The molecular weight excluding hydrogens is 537 g/mol. The lowest BCUT2D eigenvalue weighted by Crippen LogP contribution is -2.49. The van der Waals surface area contributed by atoms with E-state index in [1.54, 1.807) is 0 Å². The second-order valence-corrected chi connectivity index (χ2v) is 12.7. The highest BCUT2D eigenvalue weighted by atomic mass is 35.5. The maximum Gasteiger partial charge on any atom is 0.253 e. The van der Waals surface area contributed by atoms with Gasteiger partial charge in [-0.3, -0.25) is 4.79 Å². The molecule has 1 atom stereocenters. The summed E-state index contributed by atoms with van der Waals surface area (Å²) in [7, 11) is 0. The Morgan fingerprint density at radius 2 is 1.55 bits per heavy atom. The molecule has 0 spiro atoms. The first kappa shape index (κ1) is 29.1. The number of nitrogens with two attached hydrogens (primary N) is 1. The molecule has 0 bridgehead atoms. The third kappa shape index (κ3) is 6.74. The number of nitrogens with zero attached hydrogens (tertiary/aromatic N) is 2. The highest BCUT2D eigenvalue weighted by molar-refractivity contribution is 6.42. The average molecular weight is 579 g/mol. The molecule has 1 unspecified atom stereocenters. The fourth-order valence-electron chi connectivity index (χ4n) is 6.85. The summed E-state index contributed by atoms with van der Waals surface area (Å²) in [5.41, 5.74) is 9.73. The third-order valence-electron chi connectivity index (χ3n) is 9.32. The monoisotopic (exact) mass is 577 g/mol. The van der Waals surface area contributed by atoms with Crippen LogP contribution in [0.15, 0.2) is 78.9 Å². The van der Waals surface area contributed by atoms with Crippen molar-refractivity contribution < 1.29 is 4.79 Å². The summed E-state index contributed by atoms with van der Waals surface area (Å²) in [5.74, 6) is 0.109. The molecule has 40 heavy (non-hydrogen) atoms. The molecule has 1 amide bonds. The SMILES string of the molecule is NCC1(Cc2ccccc2)CCN(CCCC2(c3ccc(Cl)c(Cl)c3)CCCN(C(=O)c3ccccc3)C2)CC1. The third-order valence-corrected chi connectivity index (χ3v) is 10.1. The normalized spacial score (nSPS) is 21.3. The van der Waals surface area contributed by atoms with Gasteiger partial charge < -0.3 is 15.5 Å². The van der Waals surface area contributed by atoms with Gasteiger partial charge in [-0.15, -0.1) is 0 Å². The fourth-order valence-corrected chi connectivity index (χ4v) is 7.15. The van der Waals surface area contributed by atoms with Crippen molar-refractivity contribution in [3.8, 4) is 0 Å². The zero-order chi connectivity index (χ0) is 28.0. The summed E-state index contributed by atoms with van der Waals surface area (Å²) in [6.07, 6.45) is 7.42. The van der Waals surface area contributed by atoms with Gasteiger partial charge in [0.05, 0.1) is 10.0 Å². The second kappa shape index (κ2) is 13.1. The van der Waals surface area contributed by atoms with Gasteiger partial charge in [0.25, 0.3) is 5.91 Å². The van der Waals surface area contributed by atoms with Crippen molar-refractivity contribution in [3.05, 3.63) is 106 Å². The molecule has 2 aliphatic rings. The number of piperidine rings is 2. The topological polar surface area (TPSA) is 49.6 Å². The number of halogens is 2. The summed E-state index contributed by atoms with van der Waals surface area (Å²) in [5, 5.41) is 1.15. The number of amides is 1. The summed E-state index contributed by atoms with van der Waals surface area (Å²) in [4.78, 5) is 18.1. The lowest BCUT2D eigenvalue weighted by atomic mass is 9.70. The van der Waals surface area contributed by atoms with Crippen LogP contribution in [0.1, 0.15) is 60.0 Å². The van der Waals surface area contributed by atoms with E-state index < -0.39 is 0 Å². The van der Waals surface area contributed by atoms with E-state index in [1.165, 1.54) is 11.1 Å². The van der Waals surface area contributed by atoms with Crippen LogP contribution in [-0.2, 0) is 11.8 Å². The van der Waals surface area contributed by atoms with E-state index in [9.17, 15) is 4.79 Å². The van der Waals surface area contributed by atoms with Crippen LogP contribution in [0.3, 0.4) is 0 Å². The average Bonchev–Trinajstić information content (AvgIpc) is 3.00. The quantitative estimate of drug-likeness (QED) is 0.292. The fraction of sp³-hybridized carbons (Fsp3) is 0.441. The molecule has 0 aliphatic carbocycles. The molecule has 6 heteroatoms. The molecular formula is C34H41Cl2N3O. The van der Waals surface area contributed by atoms with Crippen molar-refractivity contribution in [1.29, 1.82) is 0 Å². The number of hydrogen-bond acceptors (Lipinski definition) is 3. The van der Waals surface area contributed by atoms with Crippen LogP contribution in [0, 0.1) is 5.41 Å². The van der Waals surface area contributed by atoms with Crippen molar-refractivity contribution in [2.45, 2.75) is 50.4 Å². The van der Waals surface area contributed by atoms with Crippen LogP contribution in [0.4, 0.5) is 0 Å². The number of carbonyl (C=O) groups is 1. The van der Waals surface area contributed by atoms with Gasteiger partial charge in [-0.05, 0) is 112 Å². The van der Waals surface area contributed by atoms with Gasteiger partial charge in [-0.2, -0.15) is 0 Å². The van der Waals surface area contributed by atoms with E-state index in [4.69, 9.17) is 28.9 Å². The molecule has 0 saturated carbocycles. The smallest absolute Gasteiger partial charge is 0.253 e. The molecule has 212 valence electrons. The molecule has 0 radical (unpaired) electrons. The Hall–Kier alpha value is -2.37. The predicted octanol–water partition coefficient (Wildman–Crippen LogP) is 7.23. The molecule has 2 saturated heterocycles. The van der Waals surface area contributed by atoms with E-state index >= 15 is 0 Å². The zero-order valence-electron chi connectivity index (χ0n) is 23.3. The van der Waals surface area contributed by atoms with Crippen LogP contribution in [0.2, 0.25) is 10.0 Å². The number of benzene rings is 3. The van der Waals surface area contributed by atoms with Gasteiger partial charge in [0.2, 0.25) is 0 Å². The Labute approximate surface area is 249 Å². The summed E-state index contributed by atoms with van der Waals surface area (Å²) >= 11 is 12.8. The van der Waals surface area contributed by atoms with E-state index in [0.29, 0.717) is 16.6 Å². The van der Waals surface area contributed by atoms with Gasteiger partial charge in [0.1, 0.15) is 0 Å². The number of hydrogen-bond donors (Lipinski definition) is 1. The van der Waals surface area contributed by atoms with Crippen LogP contribution in [0.5, 0.6) is 0 Å². The first-order chi connectivity index (χ1) is 19.4. The Morgan fingerprint density at radius 1 is 0.850 bits per heavy atom. The van der Waals surface area contributed by atoms with Crippen molar-refractivity contribution >= 4 is 29.1 Å². The van der Waals surface area contributed by atoms with Gasteiger partial charge in [-0.1, -0.05) is 77.8 Å². The van der Waals surface area contributed by atoms with E-state index in [2.05, 4.69) is 41.3 Å². The Bertz CT molecular complexity index is 1260. The van der Waals surface area contributed by atoms with Gasteiger partial charge in [0.15, 0.2) is 0 Å². The minimum atomic E-state index is -0.138. The van der Waals surface area contributed by atoms with E-state index in [0.717, 1.165) is 83.2 Å². The minimum absolute atomic E-state index is 0.109. The standard InChI is InChI=1S/C34H41Cl2N3O/c35-30-14-13-29(23-31(30)36)34(16-8-20-39(26-34)32(40)28-11-5-2-6-12-28)15-7-19-38-21-17-33(25-37,18-22-38)24-27-9-3-1-4-10-27/h1-6,9-14,23H,7-8,15-22,24-26,37H2. The Morgan fingerprint density at radius 3 is 2.23 bits per heavy atom. The van der Waals surface area contributed by atoms with E-state index in [1.807, 2.05) is 47.4 Å². The van der Waals surface area contributed by atoms with Gasteiger partial charge in [0, 0.05) is 24.1 Å². The van der Waals surface area contributed by atoms with Crippen LogP contribution >= 0.6 is 23.2 Å². The lowest BCUT2D eigenvalue weighted by molar-refractivity contribution is 0.0612. The molecule has 2 heterocycles. The molecule has 5 rings (SSSR count). The molecule has 2 N–H and O–H groups in total. The predicted molar refractivity (Wildman–Crippen MR) is 166 cm³/mol. The Balaban J connectivity index is 1.25. The second-order valence-electron chi connectivity index (χ2n) is 11.9. The van der Waals surface area contributed by atoms with Crippen LogP contribution < -0.4 is 5.73 Å². The molecule has 2 aliphatic heterocycles. The van der Waals surface area contributed by atoms with Crippen LogP contribution in [-0.4, -0.2) is 55.0 Å². The van der Waals surface area contributed by atoms with Crippen molar-refractivity contribution in [2.75, 3.05) is 39.3 Å². The molecule has 3 aromatic carbocycles. The highest BCUT2D eigenvalue weighted by Gasteiger charge is 2.39. The van der Waals surface area contributed by atoms with Crippen molar-refractivity contribution in [3.63, 3.8) is 0 Å². The summed E-state index contributed by atoms with van der Waals surface area (Å²) in [6, 6.07) is 26.5. The number of carbonyl (C=O) groups excluding carboxylic acids is 1. The highest BCUT2D eigenvalue weighted by Crippen LogP contribution is 2.41. The Kier molecular flexibility index (Phi) is 9.53. The number of rotatable bonds is 9. The maximum absolute atomic E-state index is 13.4. The minimum Gasteiger partial charge on any atom is -0.338 e. The summed E-state index contributed by atoms with van der Waals surface area (Å²) in [6.45, 7) is 5.45. The van der Waals surface area contributed by atoms with Gasteiger partial charge >= 0.3 is 0 Å². The summed E-state index contributed by atoms with van der Waals surface area (Å²) < 4.78 is 0.